The van der Waals surface area contributed by atoms with Crippen molar-refractivity contribution in [2.24, 2.45) is 5.41 Å². The summed E-state index contributed by atoms with van der Waals surface area (Å²) >= 11 is 0. The Labute approximate surface area is 103 Å². The maximum atomic E-state index is 12.0. The molecule has 1 heterocycles. The summed E-state index contributed by atoms with van der Waals surface area (Å²) in [5.41, 5.74) is -0.0374. The second-order valence-electron chi connectivity index (χ2n) is 5.59. The Balaban J connectivity index is 1.78. The van der Waals surface area contributed by atoms with Crippen LogP contribution in [0.2, 0.25) is 0 Å². The van der Waals surface area contributed by atoms with Gasteiger partial charge in [-0.25, -0.2) is 0 Å². The average Bonchev–Trinajstić information content (AvgIpc) is 2.86. The van der Waals surface area contributed by atoms with Crippen LogP contribution in [0.4, 0.5) is 0 Å². The Kier molecular flexibility index (Phi) is 4.40. The molecule has 0 radical (unpaired) electrons. The van der Waals surface area contributed by atoms with Crippen LogP contribution in [0.5, 0.6) is 0 Å². The van der Waals surface area contributed by atoms with E-state index in [9.17, 15) is 9.90 Å². The minimum Gasteiger partial charge on any atom is -0.396 e. The molecule has 1 amide bonds. The zero-order chi connectivity index (χ0) is 12.1. The first kappa shape index (κ1) is 12.8. The molecule has 0 unspecified atom stereocenters. The molecule has 4 nitrogen and oxygen atoms in total. The third kappa shape index (κ3) is 3.19. The van der Waals surface area contributed by atoms with E-state index in [1.807, 2.05) is 0 Å². The van der Waals surface area contributed by atoms with Gasteiger partial charge in [0.15, 0.2) is 0 Å². The number of nitrogens with one attached hydrogen (secondary N) is 2. The summed E-state index contributed by atoms with van der Waals surface area (Å²) in [5, 5.41) is 15.7. The first-order chi connectivity index (χ1) is 8.26. The zero-order valence-corrected chi connectivity index (χ0v) is 10.5. The van der Waals surface area contributed by atoms with Gasteiger partial charge in [0.2, 0.25) is 5.91 Å². The van der Waals surface area contributed by atoms with Crippen LogP contribution < -0.4 is 10.6 Å². The second kappa shape index (κ2) is 5.83. The Hall–Kier alpha value is -0.610. The van der Waals surface area contributed by atoms with E-state index in [2.05, 4.69) is 10.6 Å². The van der Waals surface area contributed by atoms with Crippen molar-refractivity contribution in [1.29, 1.82) is 0 Å². The first-order valence-electron chi connectivity index (χ1n) is 6.88. The Bertz CT molecular complexity index is 256. The summed E-state index contributed by atoms with van der Waals surface area (Å²) in [6.45, 7) is 1.79. The zero-order valence-electron chi connectivity index (χ0n) is 10.5. The van der Waals surface area contributed by atoms with Crippen LogP contribution >= 0.6 is 0 Å². The van der Waals surface area contributed by atoms with Gasteiger partial charge in [-0.15, -0.1) is 0 Å². The molecule has 98 valence electrons. The fourth-order valence-corrected chi connectivity index (χ4v) is 2.99. The number of rotatable bonds is 4. The van der Waals surface area contributed by atoms with Gasteiger partial charge in [0.05, 0.1) is 12.6 Å². The summed E-state index contributed by atoms with van der Waals surface area (Å²) in [4.78, 5) is 12.0. The lowest BCUT2D eigenvalue weighted by molar-refractivity contribution is -0.124. The van der Waals surface area contributed by atoms with Crippen molar-refractivity contribution in [3.05, 3.63) is 0 Å². The Morgan fingerprint density at radius 3 is 2.65 bits per heavy atom. The molecule has 0 aromatic rings. The minimum absolute atomic E-state index is 0.0131. The molecule has 0 bridgehead atoms. The van der Waals surface area contributed by atoms with Crippen molar-refractivity contribution in [1.82, 2.24) is 10.6 Å². The molecule has 1 saturated carbocycles. The van der Waals surface area contributed by atoms with Crippen LogP contribution in [-0.4, -0.2) is 36.8 Å². The van der Waals surface area contributed by atoms with E-state index in [1.54, 1.807) is 0 Å². The van der Waals surface area contributed by atoms with E-state index in [-0.39, 0.29) is 24.0 Å². The Morgan fingerprint density at radius 2 is 2.06 bits per heavy atom. The highest BCUT2D eigenvalue weighted by Crippen LogP contribution is 2.36. The quantitative estimate of drug-likeness (QED) is 0.681. The largest absolute Gasteiger partial charge is 0.396 e. The van der Waals surface area contributed by atoms with Crippen molar-refractivity contribution < 1.29 is 9.90 Å². The molecule has 0 aromatic carbocycles. The summed E-state index contributed by atoms with van der Waals surface area (Å²) in [6.07, 6.45) is 7.69. The van der Waals surface area contributed by atoms with Crippen molar-refractivity contribution in [2.45, 2.75) is 51.0 Å². The standard InChI is InChI=1S/C13H24N2O2/c16-10-13(6-2-3-7-13)9-15-12(17)11-5-1-4-8-14-11/h11,14,16H,1-10H2,(H,15,17)/t11-/m0/s1. The number of carbonyl (C=O) groups excluding carboxylic acids is 1. The highest BCUT2D eigenvalue weighted by Gasteiger charge is 2.34. The molecule has 2 aliphatic rings. The molecule has 17 heavy (non-hydrogen) atoms. The van der Waals surface area contributed by atoms with Crippen molar-refractivity contribution >= 4 is 5.91 Å². The molecule has 2 rings (SSSR count). The van der Waals surface area contributed by atoms with Crippen molar-refractivity contribution in [3.63, 3.8) is 0 Å². The van der Waals surface area contributed by atoms with Crippen molar-refractivity contribution in [2.75, 3.05) is 19.7 Å². The molecule has 3 N–H and O–H groups in total. The number of amides is 1. The number of piperidine rings is 1. The summed E-state index contributed by atoms with van der Waals surface area (Å²) < 4.78 is 0. The van der Waals surface area contributed by atoms with E-state index in [1.165, 1.54) is 19.3 Å². The second-order valence-corrected chi connectivity index (χ2v) is 5.59. The number of aliphatic hydroxyl groups excluding tert-OH is 1. The molecule has 1 atom stereocenters. The van der Waals surface area contributed by atoms with Gasteiger partial charge in [0, 0.05) is 12.0 Å². The van der Waals surface area contributed by atoms with Gasteiger partial charge in [0.1, 0.15) is 0 Å². The number of carbonyl (C=O) groups is 1. The van der Waals surface area contributed by atoms with Gasteiger partial charge in [0.25, 0.3) is 0 Å². The highest BCUT2D eigenvalue weighted by molar-refractivity contribution is 5.81. The molecule has 1 aliphatic heterocycles. The molecule has 1 aliphatic carbocycles. The third-order valence-electron chi connectivity index (χ3n) is 4.26. The van der Waals surface area contributed by atoms with Gasteiger partial charge in [-0.1, -0.05) is 19.3 Å². The summed E-state index contributed by atoms with van der Waals surface area (Å²) in [5.74, 6) is 0.115. The van der Waals surface area contributed by atoms with Crippen LogP contribution in [0.15, 0.2) is 0 Å². The van der Waals surface area contributed by atoms with E-state index >= 15 is 0 Å². The number of hydrogen-bond acceptors (Lipinski definition) is 3. The van der Waals surface area contributed by atoms with Crippen molar-refractivity contribution in [3.8, 4) is 0 Å². The highest BCUT2D eigenvalue weighted by atomic mass is 16.3. The van der Waals surface area contributed by atoms with Crippen LogP contribution in [0.1, 0.15) is 44.9 Å². The van der Waals surface area contributed by atoms with Crippen LogP contribution in [0.25, 0.3) is 0 Å². The van der Waals surface area contributed by atoms with Crippen LogP contribution in [0, 0.1) is 5.41 Å². The topological polar surface area (TPSA) is 61.4 Å². The lowest BCUT2D eigenvalue weighted by atomic mass is 9.87. The van der Waals surface area contributed by atoms with Crippen LogP contribution in [0.3, 0.4) is 0 Å². The van der Waals surface area contributed by atoms with Gasteiger partial charge in [-0.05, 0) is 32.2 Å². The van der Waals surface area contributed by atoms with Gasteiger partial charge >= 0.3 is 0 Å². The summed E-state index contributed by atoms with van der Waals surface area (Å²) in [6, 6.07) is -0.0131. The molecule has 4 heteroatoms. The fourth-order valence-electron chi connectivity index (χ4n) is 2.99. The molecule has 2 fully saturated rings. The molecule has 1 saturated heterocycles. The lowest BCUT2D eigenvalue weighted by Gasteiger charge is -2.29. The normalized spacial score (nSPS) is 27.9. The maximum Gasteiger partial charge on any atom is 0.237 e. The number of hydrogen-bond donors (Lipinski definition) is 3. The van der Waals surface area contributed by atoms with Gasteiger partial charge in [-0.2, -0.15) is 0 Å². The maximum absolute atomic E-state index is 12.0. The minimum atomic E-state index is -0.0374. The summed E-state index contributed by atoms with van der Waals surface area (Å²) in [7, 11) is 0. The SMILES string of the molecule is O=C(NCC1(CO)CCCC1)[C@@H]1CCCCN1. The first-order valence-corrected chi connectivity index (χ1v) is 6.88. The molecule has 0 aromatic heterocycles. The third-order valence-corrected chi connectivity index (χ3v) is 4.26. The van der Waals surface area contributed by atoms with E-state index in [0.717, 1.165) is 32.2 Å². The number of aliphatic hydroxyl groups is 1. The van der Waals surface area contributed by atoms with Gasteiger partial charge in [-0.3, -0.25) is 4.79 Å². The predicted molar refractivity (Wildman–Crippen MR) is 66.6 cm³/mol. The fraction of sp³-hybridized carbons (Fsp3) is 0.923. The smallest absolute Gasteiger partial charge is 0.237 e. The van der Waals surface area contributed by atoms with E-state index < -0.39 is 0 Å². The molecular formula is C13H24N2O2. The molecule has 0 spiro atoms. The predicted octanol–water partition coefficient (Wildman–Crippen LogP) is 0.797. The van der Waals surface area contributed by atoms with E-state index in [4.69, 9.17) is 0 Å². The monoisotopic (exact) mass is 240 g/mol. The van der Waals surface area contributed by atoms with E-state index in [0.29, 0.717) is 6.54 Å². The Morgan fingerprint density at radius 1 is 1.29 bits per heavy atom. The molecular weight excluding hydrogens is 216 g/mol. The van der Waals surface area contributed by atoms with Crippen LogP contribution in [-0.2, 0) is 4.79 Å². The van der Waals surface area contributed by atoms with Gasteiger partial charge < -0.3 is 15.7 Å². The lowest BCUT2D eigenvalue weighted by Crippen LogP contribution is -2.49. The average molecular weight is 240 g/mol.